The molecule has 3 aromatic rings. The van der Waals surface area contributed by atoms with Gasteiger partial charge in [-0.1, -0.05) is 83.1 Å². The first kappa shape index (κ1) is 32.5. The van der Waals surface area contributed by atoms with Crippen LogP contribution < -0.4 is 14.2 Å². The van der Waals surface area contributed by atoms with E-state index < -0.39 is 12.2 Å². The number of hydrogen-bond acceptors (Lipinski definition) is 6. The Labute approximate surface area is 246 Å². The summed E-state index contributed by atoms with van der Waals surface area (Å²) in [6.07, 6.45) is -1.61. The summed E-state index contributed by atoms with van der Waals surface area (Å²) in [4.78, 5) is 0. The lowest BCUT2D eigenvalue weighted by atomic mass is 9.77. The van der Waals surface area contributed by atoms with Crippen LogP contribution in [0.25, 0.3) is 0 Å². The zero-order valence-corrected chi connectivity index (χ0v) is 25.9. The van der Waals surface area contributed by atoms with E-state index in [0.29, 0.717) is 17.2 Å². The van der Waals surface area contributed by atoms with E-state index in [4.69, 9.17) is 18.9 Å². The van der Waals surface area contributed by atoms with Crippen molar-refractivity contribution in [2.45, 2.75) is 84.0 Å². The molecule has 2 N–H and O–H groups in total. The summed E-state index contributed by atoms with van der Waals surface area (Å²) in [5.41, 5.74) is 3.39. The fourth-order valence-electron chi connectivity index (χ4n) is 4.22. The Hall–Kier alpha value is -3.06. The van der Waals surface area contributed by atoms with E-state index >= 15 is 0 Å². The molecule has 0 radical (unpaired) electrons. The number of para-hydroxylation sites is 2. The zero-order valence-electron chi connectivity index (χ0n) is 25.9. The Balaban J connectivity index is 1.49. The van der Waals surface area contributed by atoms with Crippen LogP contribution in [0.3, 0.4) is 0 Å². The van der Waals surface area contributed by atoms with Crippen LogP contribution >= 0.6 is 0 Å². The summed E-state index contributed by atoms with van der Waals surface area (Å²) in [5.74, 6) is 1.65. The van der Waals surface area contributed by atoms with E-state index in [1.807, 2.05) is 45.0 Å². The highest BCUT2D eigenvalue weighted by Gasteiger charge is 2.24. The van der Waals surface area contributed by atoms with Gasteiger partial charge in [0.05, 0.1) is 12.2 Å². The largest absolute Gasteiger partial charge is 0.491 e. The lowest BCUT2D eigenvalue weighted by Gasteiger charge is -2.28. The first-order valence-electron chi connectivity index (χ1n) is 14.3. The van der Waals surface area contributed by atoms with Gasteiger partial charge >= 0.3 is 0 Å². The number of benzene rings is 3. The van der Waals surface area contributed by atoms with Gasteiger partial charge in [-0.3, -0.25) is 0 Å². The Bertz CT molecular complexity index is 1200. The Kier molecular flexibility index (Phi) is 10.9. The van der Waals surface area contributed by atoms with Crippen molar-refractivity contribution in [3.8, 4) is 17.2 Å². The molecule has 0 aliphatic carbocycles. The first-order valence-corrected chi connectivity index (χ1v) is 14.3. The molecule has 0 aliphatic rings. The van der Waals surface area contributed by atoms with Gasteiger partial charge in [-0.2, -0.15) is 0 Å². The monoisotopic (exact) mass is 564 g/mol. The molecule has 0 spiro atoms. The van der Waals surface area contributed by atoms with Gasteiger partial charge in [0.2, 0.25) is 0 Å². The Morgan fingerprint density at radius 3 is 1.41 bits per heavy atom. The summed E-state index contributed by atoms with van der Waals surface area (Å²) in [7, 11) is 0. The van der Waals surface area contributed by atoms with Crippen molar-refractivity contribution in [2.24, 2.45) is 0 Å². The van der Waals surface area contributed by atoms with Crippen LogP contribution in [0.1, 0.15) is 72.1 Å². The average Bonchev–Trinajstić information content (AvgIpc) is 2.92. The third-order valence-corrected chi connectivity index (χ3v) is 6.91. The van der Waals surface area contributed by atoms with Crippen LogP contribution in [-0.2, 0) is 15.6 Å². The summed E-state index contributed by atoms with van der Waals surface area (Å²) >= 11 is 0. The van der Waals surface area contributed by atoms with Gasteiger partial charge in [-0.05, 0) is 67.1 Å². The molecule has 0 saturated heterocycles. The molecule has 0 bridgehead atoms. The molecule has 0 amide bonds. The smallest absolute Gasteiger partial charge is 0.161 e. The molecule has 0 fully saturated rings. The van der Waals surface area contributed by atoms with Crippen molar-refractivity contribution >= 4 is 0 Å². The number of aliphatic hydroxyl groups is 2. The van der Waals surface area contributed by atoms with Crippen LogP contribution in [0.15, 0.2) is 72.8 Å². The zero-order chi connectivity index (χ0) is 30.3. The van der Waals surface area contributed by atoms with Crippen LogP contribution in [-0.4, -0.2) is 54.4 Å². The molecule has 3 aromatic carbocycles. The quantitative estimate of drug-likeness (QED) is 0.241. The van der Waals surface area contributed by atoms with Gasteiger partial charge in [0.1, 0.15) is 37.8 Å². The van der Waals surface area contributed by atoms with E-state index in [-0.39, 0.29) is 42.9 Å². The first-order chi connectivity index (χ1) is 19.1. The van der Waals surface area contributed by atoms with E-state index in [1.165, 1.54) is 16.7 Å². The standard InChI is InChI=1S/C35H48O6/c1-33(2,3)25-13-15-26(16-14-25)35(7,8)27-17-19-30(20-18-27)38-21-28(36)22-39-31-11-9-10-12-32(31)40-23-29(37)24-41-34(4,5)6/h9-20,28-29,36-37H,21-24H2,1-8H3. The Morgan fingerprint density at radius 2 is 0.951 bits per heavy atom. The van der Waals surface area contributed by atoms with Crippen molar-refractivity contribution in [3.05, 3.63) is 89.5 Å². The van der Waals surface area contributed by atoms with E-state index in [1.54, 1.807) is 12.1 Å². The second kappa shape index (κ2) is 13.7. The minimum Gasteiger partial charge on any atom is -0.491 e. The van der Waals surface area contributed by atoms with Gasteiger partial charge in [0, 0.05) is 5.41 Å². The van der Waals surface area contributed by atoms with Crippen molar-refractivity contribution < 1.29 is 29.2 Å². The molecule has 0 aromatic heterocycles. The molecular weight excluding hydrogens is 516 g/mol. The summed E-state index contributed by atoms with van der Waals surface area (Å²) in [5, 5.41) is 20.7. The fraction of sp³-hybridized carbons (Fsp3) is 0.486. The number of aliphatic hydroxyl groups excluding tert-OH is 2. The highest BCUT2D eigenvalue weighted by Crippen LogP contribution is 2.34. The normalized spacial score (nSPS) is 13.9. The molecular formula is C35H48O6. The molecule has 224 valence electrons. The molecule has 0 aliphatic heterocycles. The summed E-state index contributed by atoms with van der Waals surface area (Å²) in [6, 6.07) is 24.1. The van der Waals surface area contributed by atoms with E-state index in [2.05, 4.69) is 71.0 Å². The van der Waals surface area contributed by atoms with Crippen LogP contribution in [0.5, 0.6) is 17.2 Å². The molecule has 0 heterocycles. The van der Waals surface area contributed by atoms with E-state index in [9.17, 15) is 10.2 Å². The molecule has 0 saturated carbocycles. The van der Waals surface area contributed by atoms with Gasteiger partial charge in [0.25, 0.3) is 0 Å². The molecule has 2 unspecified atom stereocenters. The highest BCUT2D eigenvalue weighted by atomic mass is 16.5. The third-order valence-electron chi connectivity index (χ3n) is 6.91. The van der Waals surface area contributed by atoms with Crippen molar-refractivity contribution in [1.82, 2.24) is 0 Å². The summed E-state index contributed by atoms with van der Waals surface area (Å²) < 4.78 is 23.0. The molecule has 6 nitrogen and oxygen atoms in total. The van der Waals surface area contributed by atoms with Crippen LogP contribution in [0.4, 0.5) is 0 Å². The lowest BCUT2D eigenvalue weighted by molar-refractivity contribution is -0.0588. The third kappa shape index (κ3) is 10.1. The van der Waals surface area contributed by atoms with Crippen molar-refractivity contribution in [3.63, 3.8) is 0 Å². The highest BCUT2D eigenvalue weighted by molar-refractivity contribution is 5.42. The van der Waals surface area contributed by atoms with Gasteiger partial charge in [0.15, 0.2) is 11.5 Å². The lowest BCUT2D eigenvalue weighted by Crippen LogP contribution is -2.30. The summed E-state index contributed by atoms with van der Waals surface area (Å²) in [6.45, 7) is 17.3. The fourth-order valence-corrected chi connectivity index (χ4v) is 4.22. The molecule has 41 heavy (non-hydrogen) atoms. The molecule has 3 rings (SSSR count). The number of hydrogen-bond donors (Lipinski definition) is 2. The number of ether oxygens (including phenoxy) is 4. The van der Waals surface area contributed by atoms with E-state index in [0.717, 1.165) is 0 Å². The van der Waals surface area contributed by atoms with Crippen LogP contribution in [0.2, 0.25) is 0 Å². The maximum atomic E-state index is 10.5. The predicted molar refractivity (Wildman–Crippen MR) is 164 cm³/mol. The maximum absolute atomic E-state index is 10.5. The van der Waals surface area contributed by atoms with Gasteiger partial charge in [-0.15, -0.1) is 0 Å². The maximum Gasteiger partial charge on any atom is 0.161 e. The van der Waals surface area contributed by atoms with Gasteiger partial charge < -0.3 is 29.2 Å². The minimum absolute atomic E-state index is 0.0335. The molecule has 6 heteroatoms. The number of rotatable bonds is 13. The van der Waals surface area contributed by atoms with Crippen molar-refractivity contribution in [1.29, 1.82) is 0 Å². The van der Waals surface area contributed by atoms with Crippen molar-refractivity contribution in [2.75, 3.05) is 26.4 Å². The SMILES string of the molecule is CC(C)(C)OCC(O)COc1ccccc1OCC(O)COc1ccc(C(C)(C)c2ccc(C(C)(C)C)cc2)cc1. The predicted octanol–water partition coefficient (Wildman–Crippen LogP) is 6.68. The average molecular weight is 565 g/mol. The molecule has 2 atom stereocenters. The second-order valence-corrected chi connectivity index (χ2v) is 13.1. The minimum atomic E-state index is -0.841. The van der Waals surface area contributed by atoms with Gasteiger partial charge in [-0.25, -0.2) is 0 Å². The van der Waals surface area contributed by atoms with Crippen LogP contribution in [0, 0.1) is 0 Å². The topological polar surface area (TPSA) is 77.4 Å². The second-order valence-electron chi connectivity index (χ2n) is 13.1. The Morgan fingerprint density at radius 1 is 0.537 bits per heavy atom.